The fraction of sp³-hybridized carbons (Fsp3) is 0.712. The van der Waals surface area contributed by atoms with Crippen molar-refractivity contribution in [2.75, 3.05) is 54.1 Å². The third kappa shape index (κ3) is 48.6. The van der Waals surface area contributed by atoms with Crippen molar-refractivity contribution in [2.24, 2.45) is 0 Å². The Morgan fingerprint density at radius 1 is 0.525 bits per heavy atom. The number of rotatable bonds is 44. The molecule has 0 rings (SSSR count). The molecule has 0 aromatic carbocycles. The number of nitrogens with zero attached hydrogens (tertiary/aromatic N) is 1. The maximum Gasteiger partial charge on any atom is 0.306 e. The van der Waals surface area contributed by atoms with E-state index in [-0.39, 0.29) is 25.8 Å². The van der Waals surface area contributed by atoms with E-state index in [2.05, 4.69) is 98.9 Å². The van der Waals surface area contributed by atoms with Gasteiger partial charge in [0.15, 0.2) is 0 Å². The van der Waals surface area contributed by atoms with E-state index in [1.807, 2.05) is 21.1 Å². The highest BCUT2D eigenvalue weighted by molar-refractivity contribution is 7.45. The van der Waals surface area contributed by atoms with Gasteiger partial charge in [0.1, 0.15) is 19.3 Å². The van der Waals surface area contributed by atoms with E-state index in [1.54, 1.807) is 0 Å². The summed E-state index contributed by atoms with van der Waals surface area (Å²) >= 11 is 0. The maximum absolute atomic E-state index is 12.7. The van der Waals surface area contributed by atoms with Crippen LogP contribution in [0.25, 0.3) is 0 Å². The van der Waals surface area contributed by atoms with Crippen LogP contribution in [0.15, 0.2) is 85.1 Å². The van der Waals surface area contributed by atoms with Crippen molar-refractivity contribution < 1.29 is 37.3 Å². The van der Waals surface area contributed by atoms with Crippen molar-refractivity contribution in [3.8, 4) is 0 Å². The van der Waals surface area contributed by atoms with E-state index < -0.39 is 13.9 Å². The van der Waals surface area contributed by atoms with Crippen molar-refractivity contribution in [1.29, 1.82) is 0 Å². The Kier molecular flexibility index (Phi) is 42.6. The molecule has 0 aromatic heterocycles. The number of allylic oxidation sites excluding steroid dienone is 14. The van der Waals surface area contributed by atoms with Crippen molar-refractivity contribution in [2.45, 2.75) is 187 Å². The molecule has 0 aromatic rings. The van der Waals surface area contributed by atoms with Gasteiger partial charge in [0.25, 0.3) is 7.82 Å². The van der Waals surface area contributed by atoms with E-state index in [9.17, 15) is 14.3 Å². The zero-order chi connectivity index (χ0) is 44.8. The Hall–Kier alpha value is -2.32. The molecule has 0 spiro atoms. The molecule has 2 atom stereocenters. The number of hydrogen-bond acceptors (Lipinski definition) is 7. The molecule has 0 bridgehead atoms. The fourth-order valence-corrected chi connectivity index (χ4v) is 6.96. The van der Waals surface area contributed by atoms with Gasteiger partial charge >= 0.3 is 5.97 Å². The third-order valence-corrected chi connectivity index (χ3v) is 10.9. The number of carbonyl (C=O) groups excluding carboxylic acids is 1. The average molecular weight is 874 g/mol. The molecule has 9 heteroatoms. The zero-order valence-electron chi connectivity index (χ0n) is 39.8. The van der Waals surface area contributed by atoms with Crippen molar-refractivity contribution in [3.63, 3.8) is 0 Å². The second-order valence-corrected chi connectivity index (χ2v) is 18.5. The monoisotopic (exact) mass is 874 g/mol. The predicted molar refractivity (Wildman–Crippen MR) is 258 cm³/mol. The van der Waals surface area contributed by atoms with Gasteiger partial charge in [-0.05, 0) is 70.6 Å². The summed E-state index contributed by atoms with van der Waals surface area (Å²) in [6, 6.07) is 0. The van der Waals surface area contributed by atoms with E-state index in [0.29, 0.717) is 24.1 Å². The predicted octanol–water partition coefficient (Wildman–Crippen LogP) is 14.2. The standard InChI is InChI=1S/C52H92NO7P/c1-6-8-10-12-14-16-18-20-22-23-24-25-26-27-28-29-30-32-34-36-38-40-42-44-47-57-49-51(50-59-61(55,56)58-48-46-53(3,4)5)60-52(54)45-43-41-39-37-35-33-31-21-19-17-15-13-11-9-7-2/h8,10,14,16,20,22,24-25,27-28,30,32,36,38,51H,6-7,9,11-13,15,17-19,21,23,26,29,31,33-35,37,39-50H2,1-5H3/b10-8-,16-14-,22-20-,25-24-,28-27-,32-30-,38-36-. The molecule has 0 aliphatic carbocycles. The first-order valence-corrected chi connectivity index (χ1v) is 25.8. The van der Waals surface area contributed by atoms with Gasteiger partial charge < -0.3 is 27.9 Å². The molecule has 0 radical (unpaired) electrons. The van der Waals surface area contributed by atoms with Crippen LogP contribution >= 0.6 is 7.82 Å². The Bertz CT molecular complexity index is 1250. The number of likely N-dealkylation sites (N-methyl/N-ethyl adjacent to an activating group) is 1. The molecule has 0 fully saturated rings. The summed E-state index contributed by atoms with van der Waals surface area (Å²) in [5, 5.41) is 0. The quantitative estimate of drug-likeness (QED) is 0.0198. The van der Waals surface area contributed by atoms with Crippen LogP contribution in [0, 0.1) is 0 Å². The minimum absolute atomic E-state index is 0.0141. The molecule has 2 unspecified atom stereocenters. The molecular weight excluding hydrogens is 782 g/mol. The summed E-state index contributed by atoms with van der Waals surface area (Å²) in [4.78, 5) is 25.1. The minimum atomic E-state index is -4.54. The third-order valence-electron chi connectivity index (χ3n) is 9.96. The second-order valence-electron chi connectivity index (χ2n) is 17.1. The highest BCUT2D eigenvalue weighted by atomic mass is 31.2. The van der Waals surface area contributed by atoms with Gasteiger partial charge in [0, 0.05) is 13.0 Å². The maximum atomic E-state index is 12.7. The minimum Gasteiger partial charge on any atom is -0.756 e. The van der Waals surface area contributed by atoms with E-state index in [4.69, 9.17) is 18.5 Å². The van der Waals surface area contributed by atoms with Crippen molar-refractivity contribution in [3.05, 3.63) is 85.1 Å². The topological polar surface area (TPSA) is 94.1 Å². The average Bonchev–Trinajstić information content (AvgIpc) is 3.22. The number of phosphoric ester groups is 1. The van der Waals surface area contributed by atoms with Crippen LogP contribution in [-0.2, 0) is 27.9 Å². The molecule has 0 saturated carbocycles. The van der Waals surface area contributed by atoms with Crippen molar-refractivity contribution in [1.82, 2.24) is 0 Å². The van der Waals surface area contributed by atoms with Gasteiger partial charge in [-0.2, -0.15) is 0 Å². The van der Waals surface area contributed by atoms with Gasteiger partial charge in [-0.3, -0.25) is 9.36 Å². The Morgan fingerprint density at radius 3 is 1.39 bits per heavy atom. The molecule has 61 heavy (non-hydrogen) atoms. The number of ether oxygens (including phenoxy) is 2. The number of quaternary nitrogens is 1. The molecule has 0 heterocycles. The summed E-state index contributed by atoms with van der Waals surface area (Å²) in [6.07, 6.45) is 58.9. The molecule has 0 saturated heterocycles. The smallest absolute Gasteiger partial charge is 0.306 e. The van der Waals surface area contributed by atoms with E-state index in [1.165, 1.54) is 77.0 Å². The largest absolute Gasteiger partial charge is 0.756 e. The van der Waals surface area contributed by atoms with E-state index >= 15 is 0 Å². The molecule has 0 N–H and O–H groups in total. The van der Waals surface area contributed by atoms with Crippen LogP contribution in [0.4, 0.5) is 0 Å². The van der Waals surface area contributed by atoms with Gasteiger partial charge in [-0.15, -0.1) is 0 Å². The lowest BCUT2D eigenvalue weighted by Crippen LogP contribution is -2.37. The fourth-order valence-electron chi connectivity index (χ4n) is 6.23. The normalized spacial score (nSPS) is 14.4. The first-order chi connectivity index (χ1) is 29.6. The number of hydrogen-bond donors (Lipinski definition) is 0. The van der Waals surface area contributed by atoms with Gasteiger partial charge in [-0.25, -0.2) is 0 Å². The summed E-state index contributed by atoms with van der Waals surface area (Å²) in [7, 11) is 1.32. The lowest BCUT2D eigenvalue weighted by Gasteiger charge is -2.28. The molecule has 8 nitrogen and oxygen atoms in total. The Labute approximate surface area is 375 Å². The van der Waals surface area contributed by atoms with Crippen molar-refractivity contribution >= 4 is 13.8 Å². The summed E-state index contributed by atoms with van der Waals surface area (Å²) in [5.41, 5.74) is 0. The molecule has 352 valence electrons. The summed E-state index contributed by atoms with van der Waals surface area (Å²) in [6.45, 7) is 5.18. The second kappa shape index (κ2) is 44.3. The van der Waals surface area contributed by atoms with Crippen LogP contribution in [0.2, 0.25) is 0 Å². The number of unbranched alkanes of at least 4 members (excludes halogenated alkanes) is 16. The first-order valence-electron chi connectivity index (χ1n) is 24.3. The van der Waals surface area contributed by atoms with Crippen LogP contribution < -0.4 is 4.89 Å². The molecule has 0 amide bonds. The zero-order valence-corrected chi connectivity index (χ0v) is 40.7. The van der Waals surface area contributed by atoms with Gasteiger partial charge in [0.2, 0.25) is 0 Å². The van der Waals surface area contributed by atoms with Gasteiger partial charge in [0.05, 0.1) is 34.4 Å². The number of carbonyl (C=O) groups is 1. The number of phosphoric acid groups is 1. The summed E-state index contributed by atoms with van der Waals surface area (Å²) < 4.78 is 34.6. The lowest BCUT2D eigenvalue weighted by atomic mass is 10.0. The first kappa shape index (κ1) is 58.7. The van der Waals surface area contributed by atoms with Gasteiger partial charge in [-0.1, -0.05) is 189 Å². The SMILES string of the molecule is CC/C=C\C/C=C\C/C=C\C/C=C\C/C=C\C/C=C\C/C=C\CCCCOCC(COP(=O)([O-])OCC[N+](C)(C)C)OC(=O)CCCCCCCCCCCCCCCCC. The van der Waals surface area contributed by atoms with Crippen LogP contribution in [0.3, 0.4) is 0 Å². The van der Waals surface area contributed by atoms with Crippen LogP contribution in [0.1, 0.15) is 181 Å². The lowest BCUT2D eigenvalue weighted by molar-refractivity contribution is -0.870. The Morgan fingerprint density at radius 2 is 0.951 bits per heavy atom. The van der Waals surface area contributed by atoms with Crippen LogP contribution in [0.5, 0.6) is 0 Å². The van der Waals surface area contributed by atoms with Crippen LogP contribution in [-0.4, -0.2) is 70.7 Å². The highest BCUT2D eigenvalue weighted by Crippen LogP contribution is 2.38. The van der Waals surface area contributed by atoms with E-state index in [0.717, 1.165) is 83.5 Å². The number of esters is 1. The Balaban J connectivity index is 4.28. The molecule has 0 aliphatic heterocycles. The summed E-state index contributed by atoms with van der Waals surface area (Å²) in [5.74, 6) is -0.351. The highest BCUT2D eigenvalue weighted by Gasteiger charge is 2.20. The molecular formula is C52H92NO7P. The molecule has 0 aliphatic rings.